The first-order valence-corrected chi connectivity index (χ1v) is 8.04. The maximum Gasteiger partial charge on any atom is 0.274 e. The minimum absolute atomic E-state index is 0.0374. The molecule has 0 aliphatic carbocycles. The molecule has 0 N–H and O–H groups in total. The van der Waals surface area contributed by atoms with Gasteiger partial charge in [0.25, 0.3) is 5.91 Å². The summed E-state index contributed by atoms with van der Waals surface area (Å²) in [7, 11) is 0. The molecule has 5 heteroatoms. The van der Waals surface area contributed by atoms with E-state index in [1.807, 2.05) is 17.0 Å². The number of hydrogen-bond acceptors (Lipinski definition) is 3. The molecule has 1 fully saturated rings. The highest BCUT2D eigenvalue weighted by atomic mass is 19.1. The largest absolute Gasteiger partial charge is 0.337 e. The Hall–Kier alpha value is -2.30. The van der Waals surface area contributed by atoms with Crippen molar-refractivity contribution in [2.75, 3.05) is 13.1 Å². The van der Waals surface area contributed by atoms with Gasteiger partial charge in [0.2, 0.25) is 0 Å². The van der Waals surface area contributed by atoms with E-state index in [-0.39, 0.29) is 11.7 Å². The molecule has 3 rings (SSSR count). The molecule has 0 saturated carbocycles. The van der Waals surface area contributed by atoms with Gasteiger partial charge in [-0.2, -0.15) is 5.10 Å². The lowest BCUT2D eigenvalue weighted by atomic mass is 9.91. The van der Waals surface area contributed by atoms with E-state index < -0.39 is 0 Å². The normalized spacial score (nSPS) is 18.0. The fourth-order valence-electron chi connectivity index (χ4n) is 3.08. The summed E-state index contributed by atoms with van der Waals surface area (Å²) in [6.45, 7) is 1.54. The zero-order valence-electron chi connectivity index (χ0n) is 13.0. The van der Waals surface area contributed by atoms with Gasteiger partial charge in [0.1, 0.15) is 5.82 Å². The lowest BCUT2D eigenvalue weighted by Gasteiger charge is -2.32. The minimum atomic E-state index is -0.202. The lowest BCUT2D eigenvalue weighted by molar-refractivity contribution is 0.0661. The fraction of sp³-hybridized carbons (Fsp3) is 0.389. The van der Waals surface area contributed by atoms with E-state index in [1.54, 1.807) is 18.3 Å². The average Bonchev–Trinajstić information content (AvgIpc) is 2.61. The predicted molar refractivity (Wildman–Crippen MR) is 85.4 cm³/mol. The van der Waals surface area contributed by atoms with Gasteiger partial charge in [-0.1, -0.05) is 12.1 Å². The average molecular weight is 313 g/mol. The molecular formula is C18H20FN3O. The number of aromatic nitrogens is 2. The molecule has 120 valence electrons. The number of rotatable bonds is 4. The maximum absolute atomic E-state index is 12.9. The standard InChI is InChI=1S/C18H20FN3O/c19-16-9-7-14(8-10-16)5-6-15-3-2-12-22(13-15)18(23)17-4-1-11-20-21-17/h1,4,7-11,15H,2-3,5-6,12-13H2/t15-/m0/s1. The number of piperidine rings is 1. The molecule has 2 heterocycles. The zero-order valence-corrected chi connectivity index (χ0v) is 13.0. The summed E-state index contributed by atoms with van der Waals surface area (Å²) in [5.41, 5.74) is 1.55. The second kappa shape index (κ2) is 7.31. The Labute approximate surface area is 135 Å². The van der Waals surface area contributed by atoms with E-state index >= 15 is 0 Å². The summed E-state index contributed by atoms with van der Waals surface area (Å²) in [6, 6.07) is 10.1. The van der Waals surface area contributed by atoms with Crippen molar-refractivity contribution in [1.82, 2.24) is 15.1 Å². The van der Waals surface area contributed by atoms with E-state index in [4.69, 9.17) is 0 Å². The molecule has 0 unspecified atom stereocenters. The van der Waals surface area contributed by atoms with E-state index in [9.17, 15) is 9.18 Å². The first kappa shape index (κ1) is 15.6. The second-order valence-corrected chi connectivity index (χ2v) is 6.03. The Morgan fingerprint density at radius 2 is 2.09 bits per heavy atom. The number of nitrogens with zero attached hydrogens (tertiary/aromatic N) is 3. The van der Waals surface area contributed by atoms with Crippen LogP contribution >= 0.6 is 0 Å². The lowest BCUT2D eigenvalue weighted by Crippen LogP contribution is -2.40. The quantitative estimate of drug-likeness (QED) is 0.871. The van der Waals surface area contributed by atoms with Gasteiger partial charge in [-0.15, -0.1) is 5.10 Å². The summed E-state index contributed by atoms with van der Waals surface area (Å²) >= 11 is 0. The number of aryl methyl sites for hydroxylation is 1. The summed E-state index contributed by atoms with van der Waals surface area (Å²) in [5, 5.41) is 7.68. The summed E-state index contributed by atoms with van der Waals surface area (Å²) < 4.78 is 12.9. The Bertz CT molecular complexity index is 645. The molecule has 4 nitrogen and oxygen atoms in total. The Morgan fingerprint density at radius 1 is 1.26 bits per heavy atom. The van der Waals surface area contributed by atoms with Crippen molar-refractivity contribution in [3.8, 4) is 0 Å². The molecule has 1 aliphatic heterocycles. The smallest absolute Gasteiger partial charge is 0.274 e. The van der Waals surface area contributed by atoms with Crippen LogP contribution in [-0.2, 0) is 6.42 Å². The van der Waals surface area contributed by atoms with Crippen LogP contribution in [0, 0.1) is 11.7 Å². The number of carbonyl (C=O) groups excluding carboxylic acids is 1. The summed E-state index contributed by atoms with van der Waals surface area (Å²) in [4.78, 5) is 14.3. The zero-order chi connectivity index (χ0) is 16.1. The van der Waals surface area contributed by atoms with Crippen molar-refractivity contribution < 1.29 is 9.18 Å². The number of hydrogen-bond donors (Lipinski definition) is 0. The minimum Gasteiger partial charge on any atom is -0.337 e. The first-order valence-electron chi connectivity index (χ1n) is 8.04. The van der Waals surface area contributed by atoms with Gasteiger partial charge >= 0.3 is 0 Å². The molecule has 1 aromatic heterocycles. The van der Waals surface area contributed by atoms with Crippen LogP contribution in [0.3, 0.4) is 0 Å². The molecule has 0 radical (unpaired) electrons. The van der Waals surface area contributed by atoms with E-state index in [0.717, 1.165) is 44.3 Å². The van der Waals surface area contributed by atoms with Crippen molar-refractivity contribution >= 4 is 5.91 Å². The molecule has 0 spiro atoms. The van der Waals surface area contributed by atoms with Crippen molar-refractivity contribution in [2.24, 2.45) is 5.92 Å². The molecule has 1 atom stereocenters. The van der Waals surface area contributed by atoms with Crippen molar-refractivity contribution in [2.45, 2.75) is 25.7 Å². The molecular weight excluding hydrogens is 293 g/mol. The molecule has 1 aromatic carbocycles. The Kier molecular flexibility index (Phi) is 4.95. The van der Waals surface area contributed by atoms with Crippen molar-refractivity contribution in [1.29, 1.82) is 0 Å². The monoisotopic (exact) mass is 313 g/mol. The van der Waals surface area contributed by atoms with Gasteiger partial charge in [-0.05, 0) is 61.4 Å². The highest BCUT2D eigenvalue weighted by Gasteiger charge is 2.25. The van der Waals surface area contributed by atoms with Crippen molar-refractivity contribution in [3.05, 3.63) is 59.7 Å². The van der Waals surface area contributed by atoms with Crippen LogP contribution in [-0.4, -0.2) is 34.1 Å². The highest BCUT2D eigenvalue weighted by Crippen LogP contribution is 2.22. The topological polar surface area (TPSA) is 46.1 Å². The fourth-order valence-corrected chi connectivity index (χ4v) is 3.08. The Balaban J connectivity index is 1.56. The number of likely N-dealkylation sites (tertiary alicyclic amines) is 1. The van der Waals surface area contributed by atoms with Gasteiger partial charge in [0, 0.05) is 19.3 Å². The van der Waals surface area contributed by atoms with Gasteiger partial charge in [0.05, 0.1) is 0 Å². The number of benzene rings is 1. The van der Waals surface area contributed by atoms with Crippen LogP contribution in [0.2, 0.25) is 0 Å². The van der Waals surface area contributed by atoms with Crippen LogP contribution < -0.4 is 0 Å². The molecule has 0 bridgehead atoms. The van der Waals surface area contributed by atoms with E-state index in [1.165, 1.54) is 12.1 Å². The summed E-state index contributed by atoms with van der Waals surface area (Å²) in [5.74, 6) is 0.242. The molecule has 23 heavy (non-hydrogen) atoms. The summed E-state index contributed by atoms with van der Waals surface area (Å²) in [6.07, 6.45) is 5.64. The van der Waals surface area contributed by atoms with Crippen LogP contribution in [0.25, 0.3) is 0 Å². The third-order valence-corrected chi connectivity index (χ3v) is 4.35. The van der Waals surface area contributed by atoms with Crippen LogP contribution in [0.1, 0.15) is 35.3 Å². The van der Waals surface area contributed by atoms with Gasteiger partial charge < -0.3 is 4.90 Å². The van der Waals surface area contributed by atoms with Gasteiger partial charge in [0.15, 0.2) is 5.69 Å². The van der Waals surface area contributed by atoms with Crippen LogP contribution in [0.15, 0.2) is 42.6 Å². The third-order valence-electron chi connectivity index (χ3n) is 4.35. The maximum atomic E-state index is 12.9. The molecule has 1 aliphatic rings. The predicted octanol–water partition coefficient (Wildman–Crippen LogP) is 3.10. The molecule has 1 saturated heterocycles. The molecule has 2 aromatic rings. The SMILES string of the molecule is O=C(c1cccnn1)N1CCC[C@@H](CCc2ccc(F)cc2)C1. The number of amides is 1. The molecule has 1 amide bonds. The van der Waals surface area contributed by atoms with Crippen molar-refractivity contribution in [3.63, 3.8) is 0 Å². The van der Waals surface area contributed by atoms with E-state index in [0.29, 0.717) is 11.6 Å². The third kappa shape index (κ3) is 4.12. The first-order chi connectivity index (χ1) is 11.2. The van der Waals surface area contributed by atoms with Gasteiger partial charge in [-0.25, -0.2) is 4.39 Å². The van der Waals surface area contributed by atoms with Gasteiger partial charge in [-0.3, -0.25) is 4.79 Å². The number of halogens is 1. The van der Waals surface area contributed by atoms with Crippen LogP contribution in [0.4, 0.5) is 4.39 Å². The second-order valence-electron chi connectivity index (χ2n) is 6.03. The highest BCUT2D eigenvalue weighted by molar-refractivity contribution is 5.92. The number of carbonyl (C=O) groups is 1. The van der Waals surface area contributed by atoms with E-state index in [2.05, 4.69) is 10.2 Å². The Morgan fingerprint density at radius 3 is 2.83 bits per heavy atom. The van der Waals surface area contributed by atoms with Crippen LogP contribution in [0.5, 0.6) is 0 Å².